The van der Waals surface area contributed by atoms with E-state index in [1.165, 1.54) is 6.07 Å². The summed E-state index contributed by atoms with van der Waals surface area (Å²) in [7, 11) is 5.77. The summed E-state index contributed by atoms with van der Waals surface area (Å²) < 4.78 is 31.4. The molecule has 0 amide bonds. The number of ether oxygens (including phenoxy) is 1. The van der Waals surface area contributed by atoms with Gasteiger partial charge in [0.2, 0.25) is 5.95 Å². The first-order valence-electron chi connectivity index (χ1n) is 11.6. The van der Waals surface area contributed by atoms with E-state index < -0.39 is 6.61 Å². The fourth-order valence-electron chi connectivity index (χ4n) is 4.25. The third-order valence-corrected chi connectivity index (χ3v) is 6.07. The number of nitrogens with zero attached hydrogens (tertiary/aromatic N) is 6. The Balaban J connectivity index is 1.63. The molecular formula is C25H32F2N8O. The van der Waals surface area contributed by atoms with Gasteiger partial charge in [-0.2, -0.15) is 13.8 Å². The molecule has 3 aromatic rings. The van der Waals surface area contributed by atoms with E-state index in [2.05, 4.69) is 39.0 Å². The number of aromatic nitrogens is 3. The summed E-state index contributed by atoms with van der Waals surface area (Å²) in [4.78, 5) is 19.5. The third kappa shape index (κ3) is 5.40. The Labute approximate surface area is 209 Å². The van der Waals surface area contributed by atoms with Crippen molar-refractivity contribution in [2.75, 3.05) is 61.6 Å². The van der Waals surface area contributed by atoms with Crippen molar-refractivity contribution >= 4 is 34.5 Å². The fraction of sp³-hybridized carbons (Fsp3) is 0.400. The second-order valence-electron chi connectivity index (χ2n) is 9.72. The van der Waals surface area contributed by atoms with Gasteiger partial charge >= 0.3 is 6.61 Å². The van der Waals surface area contributed by atoms with Gasteiger partial charge in [0.25, 0.3) is 0 Å². The van der Waals surface area contributed by atoms with Crippen molar-refractivity contribution in [1.82, 2.24) is 19.9 Å². The second-order valence-corrected chi connectivity index (χ2v) is 9.72. The van der Waals surface area contributed by atoms with Gasteiger partial charge in [-0.25, -0.2) is 4.98 Å². The van der Waals surface area contributed by atoms with Crippen LogP contribution in [0.4, 0.5) is 43.3 Å². The molecule has 0 fully saturated rings. The first kappa shape index (κ1) is 25.4. The highest BCUT2D eigenvalue weighted by atomic mass is 19.3. The van der Waals surface area contributed by atoms with Crippen LogP contribution >= 0.6 is 0 Å². The summed E-state index contributed by atoms with van der Waals surface area (Å²) in [5, 5.41) is 3.01. The minimum atomic E-state index is -3.00. The molecule has 192 valence electrons. The number of nitrogens with two attached hydrogens (primary N) is 1. The number of halogens is 2. The summed E-state index contributed by atoms with van der Waals surface area (Å²) in [6, 6.07) is 8.77. The Morgan fingerprint density at radius 3 is 2.64 bits per heavy atom. The molecular weight excluding hydrogens is 466 g/mol. The number of likely N-dealkylation sites (N-methyl/N-ethyl adjacent to an activating group) is 2. The number of fused-ring (bicyclic) bond motifs is 1. The molecule has 4 rings (SSSR count). The largest absolute Gasteiger partial charge is 0.433 e. The van der Waals surface area contributed by atoms with Crippen LogP contribution in [0.3, 0.4) is 0 Å². The first-order chi connectivity index (χ1) is 17.0. The number of rotatable bonds is 9. The van der Waals surface area contributed by atoms with Crippen LogP contribution in [-0.4, -0.2) is 67.2 Å². The quantitative estimate of drug-likeness (QED) is 0.420. The van der Waals surface area contributed by atoms with Gasteiger partial charge in [0.1, 0.15) is 5.82 Å². The number of anilines is 6. The number of alkyl halides is 2. The van der Waals surface area contributed by atoms with E-state index in [1.807, 2.05) is 43.1 Å². The highest BCUT2D eigenvalue weighted by Gasteiger charge is 2.37. The zero-order valence-electron chi connectivity index (χ0n) is 21.2. The van der Waals surface area contributed by atoms with Crippen LogP contribution in [0.2, 0.25) is 0 Å². The molecule has 3 heterocycles. The Morgan fingerprint density at radius 2 is 1.92 bits per heavy atom. The van der Waals surface area contributed by atoms with E-state index in [0.717, 1.165) is 17.9 Å². The average molecular weight is 499 g/mol. The van der Waals surface area contributed by atoms with Crippen molar-refractivity contribution < 1.29 is 13.5 Å². The lowest BCUT2D eigenvalue weighted by Crippen LogP contribution is -2.29. The molecule has 0 saturated carbocycles. The molecule has 0 atom stereocenters. The van der Waals surface area contributed by atoms with Crippen molar-refractivity contribution in [1.29, 1.82) is 0 Å². The SMILES string of the molecule is CN(C)CCN(C)c1cc(OC(F)F)c(Nc2nccc(N3CC(C)(C)c4ncccc43)n2)cc1N. The van der Waals surface area contributed by atoms with Gasteiger partial charge in [-0.3, -0.25) is 4.98 Å². The van der Waals surface area contributed by atoms with E-state index in [-0.39, 0.29) is 22.8 Å². The summed E-state index contributed by atoms with van der Waals surface area (Å²) in [5.41, 5.74) is 9.37. The van der Waals surface area contributed by atoms with Gasteiger partial charge in [-0.05, 0) is 38.4 Å². The van der Waals surface area contributed by atoms with Gasteiger partial charge in [-0.15, -0.1) is 0 Å². The van der Waals surface area contributed by atoms with Gasteiger partial charge in [0.15, 0.2) is 5.75 Å². The van der Waals surface area contributed by atoms with Crippen LogP contribution in [0.5, 0.6) is 5.75 Å². The summed E-state index contributed by atoms with van der Waals surface area (Å²) in [5.74, 6) is 0.850. The number of hydrogen-bond donors (Lipinski definition) is 2. The Kier molecular flexibility index (Phi) is 7.11. The van der Waals surface area contributed by atoms with Crippen LogP contribution < -0.4 is 25.6 Å². The maximum atomic E-state index is 13.3. The van der Waals surface area contributed by atoms with Crippen molar-refractivity contribution in [3.8, 4) is 5.75 Å². The second kappa shape index (κ2) is 10.1. The van der Waals surface area contributed by atoms with E-state index in [9.17, 15) is 8.78 Å². The molecule has 2 aromatic heterocycles. The molecule has 0 spiro atoms. The highest BCUT2D eigenvalue weighted by Crippen LogP contribution is 2.42. The maximum Gasteiger partial charge on any atom is 0.387 e. The van der Waals surface area contributed by atoms with Crippen molar-refractivity contribution in [3.63, 3.8) is 0 Å². The predicted molar refractivity (Wildman–Crippen MR) is 139 cm³/mol. The lowest BCUT2D eigenvalue weighted by Gasteiger charge is -2.25. The lowest BCUT2D eigenvalue weighted by atomic mass is 9.91. The smallest absolute Gasteiger partial charge is 0.387 e. The standard InChI is InChI=1S/C25H32F2N8O/c1-25(2)15-35(18-7-6-9-29-22(18)25)21-8-10-30-24(32-21)31-17-13-16(28)19(14-20(17)36-23(26)27)34(5)12-11-33(3)4/h6-10,13-14,23H,11-12,15,28H2,1-5H3,(H,30,31,32). The molecule has 1 aromatic carbocycles. The van der Waals surface area contributed by atoms with E-state index in [1.54, 1.807) is 24.5 Å². The Hall–Kier alpha value is -3.73. The van der Waals surface area contributed by atoms with Gasteiger partial charge in [-0.1, -0.05) is 13.8 Å². The van der Waals surface area contributed by atoms with Crippen molar-refractivity contribution in [3.05, 3.63) is 48.4 Å². The molecule has 3 N–H and O–H groups in total. The molecule has 36 heavy (non-hydrogen) atoms. The molecule has 0 bridgehead atoms. The number of benzene rings is 1. The van der Waals surface area contributed by atoms with Crippen LogP contribution in [-0.2, 0) is 5.41 Å². The Morgan fingerprint density at radius 1 is 1.14 bits per heavy atom. The van der Waals surface area contributed by atoms with Crippen LogP contribution in [0, 0.1) is 0 Å². The average Bonchev–Trinajstić information content (AvgIpc) is 3.10. The normalized spacial score (nSPS) is 14.3. The zero-order valence-corrected chi connectivity index (χ0v) is 21.2. The van der Waals surface area contributed by atoms with Crippen molar-refractivity contribution in [2.45, 2.75) is 25.9 Å². The highest BCUT2D eigenvalue weighted by molar-refractivity contribution is 5.79. The maximum absolute atomic E-state index is 13.3. The molecule has 0 aliphatic carbocycles. The van der Waals surface area contributed by atoms with E-state index in [4.69, 9.17) is 10.5 Å². The minimum absolute atomic E-state index is 0.0447. The van der Waals surface area contributed by atoms with E-state index >= 15 is 0 Å². The Bertz CT molecular complexity index is 1220. The topological polar surface area (TPSA) is 95.7 Å². The summed E-state index contributed by atoms with van der Waals surface area (Å²) in [6.07, 6.45) is 3.40. The van der Waals surface area contributed by atoms with Gasteiger partial charge < -0.3 is 30.5 Å². The predicted octanol–water partition coefficient (Wildman–Crippen LogP) is 4.23. The molecule has 1 aliphatic rings. The van der Waals surface area contributed by atoms with Crippen LogP contribution in [0.25, 0.3) is 0 Å². The minimum Gasteiger partial charge on any atom is -0.433 e. The molecule has 1 aliphatic heterocycles. The monoisotopic (exact) mass is 498 g/mol. The third-order valence-electron chi connectivity index (χ3n) is 6.07. The molecule has 9 nitrogen and oxygen atoms in total. The van der Waals surface area contributed by atoms with Gasteiger partial charge in [0.05, 0.1) is 28.4 Å². The van der Waals surface area contributed by atoms with Crippen molar-refractivity contribution in [2.24, 2.45) is 0 Å². The number of nitrogen functional groups attached to an aromatic ring is 1. The number of nitrogens with one attached hydrogen (secondary N) is 1. The lowest BCUT2D eigenvalue weighted by molar-refractivity contribution is -0.0493. The molecule has 11 heteroatoms. The number of pyridine rings is 1. The van der Waals surface area contributed by atoms with Crippen LogP contribution in [0.15, 0.2) is 42.7 Å². The van der Waals surface area contributed by atoms with Gasteiger partial charge in [0, 0.05) is 50.6 Å². The molecule has 0 saturated heterocycles. The summed E-state index contributed by atoms with van der Waals surface area (Å²) >= 11 is 0. The fourth-order valence-corrected chi connectivity index (χ4v) is 4.25. The van der Waals surface area contributed by atoms with Crippen LogP contribution in [0.1, 0.15) is 19.5 Å². The molecule has 0 radical (unpaired) electrons. The summed E-state index contributed by atoms with van der Waals surface area (Å²) in [6.45, 7) is 3.38. The zero-order chi connectivity index (χ0) is 26.0. The van der Waals surface area contributed by atoms with E-state index in [0.29, 0.717) is 30.3 Å². The molecule has 0 unspecified atom stereocenters. The first-order valence-corrected chi connectivity index (χ1v) is 11.6. The number of hydrogen-bond acceptors (Lipinski definition) is 9.